The normalized spacial score (nSPS) is 14.5. The molecule has 5 rings (SSSR count). The van der Waals surface area contributed by atoms with E-state index in [1.165, 1.54) is 11.3 Å². The van der Waals surface area contributed by atoms with E-state index in [0.29, 0.717) is 5.56 Å². The van der Waals surface area contributed by atoms with Gasteiger partial charge in [0, 0.05) is 49.5 Å². The summed E-state index contributed by atoms with van der Waals surface area (Å²) >= 11 is 0. The Bertz CT molecular complexity index is 1270. The van der Waals surface area contributed by atoms with Crippen LogP contribution >= 0.6 is 0 Å². The number of fused-ring (bicyclic) bond motifs is 1. The van der Waals surface area contributed by atoms with Crippen molar-refractivity contribution in [2.45, 2.75) is 6.54 Å². The van der Waals surface area contributed by atoms with E-state index < -0.39 is 0 Å². The molecule has 4 aromatic carbocycles. The second-order valence-corrected chi connectivity index (χ2v) is 8.56. The number of nitrogens with one attached hydrogen (secondary N) is 1. The van der Waals surface area contributed by atoms with E-state index in [1.807, 2.05) is 48.5 Å². The minimum atomic E-state index is -0.209. The average molecular weight is 449 g/mol. The molecular formula is C29H28N4O. The van der Waals surface area contributed by atoms with Gasteiger partial charge in [-0.3, -0.25) is 9.69 Å². The van der Waals surface area contributed by atoms with Gasteiger partial charge < -0.3 is 4.90 Å². The number of anilines is 1. The molecule has 34 heavy (non-hydrogen) atoms. The van der Waals surface area contributed by atoms with E-state index in [1.54, 1.807) is 6.21 Å². The Morgan fingerprint density at radius 1 is 0.794 bits per heavy atom. The van der Waals surface area contributed by atoms with Gasteiger partial charge >= 0.3 is 0 Å². The number of para-hydroxylation sites is 1. The number of nitrogens with zero attached hydrogens (tertiary/aromatic N) is 3. The molecule has 1 heterocycles. The highest BCUT2D eigenvalue weighted by atomic mass is 16.2. The van der Waals surface area contributed by atoms with Crippen LogP contribution in [0, 0.1) is 0 Å². The Kier molecular flexibility index (Phi) is 6.64. The van der Waals surface area contributed by atoms with Gasteiger partial charge in [-0.1, -0.05) is 72.8 Å². The summed E-state index contributed by atoms with van der Waals surface area (Å²) in [5, 5.41) is 6.44. The van der Waals surface area contributed by atoms with Crippen molar-refractivity contribution in [3.63, 3.8) is 0 Å². The topological polar surface area (TPSA) is 47.9 Å². The van der Waals surface area contributed by atoms with Crippen LogP contribution in [-0.2, 0) is 6.54 Å². The maximum atomic E-state index is 12.5. The maximum Gasteiger partial charge on any atom is 0.271 e. The molecular weight excluding hydrogens is 420 g/mol. The lowest BCUT2D eigenvalue weighted by molar-refractivity contribution is 0.0955. The van der Waals surface area contributed by atoms with Gasteiger partial charge in [-0.2, -0.15) is 5.10 Å². The molecule has 0 aromatic heterocycles. The van der Waals surface area contributed by atoms with Gasteiger partial charge in [-0.05, 0) is 40.6 Å². The number of hydrazone groups is 1. The van der Waals surface area contributed by atoms with E-state index >= 15 is 0 Å². The predicted molar refractivity (Wildman–Crippen MR) is 139 cm³/mol. The molecule has 1 N–H and O–H groups in total. The fourth-order valence-electron chi connectivity index (χ4n) is 4.41. The van der Waals surface area contributed by atoms with E-state index in [2.05, 4.69) is 68.9 Å². The maximum absolute atomic E-state index is 12.5. The first-order valence-corrected chi connectivity index (χ1v) is 11.7. The zero-order valence-corrected chi connectivity index (χ0v) is 19.1. The third-order valence-electron chi connectivity index (χ3n) is 6.31. The van der Waals surface area contributed by atoms with Crippen LogP contribution in [0.3, 0.4) is 0 Å². The first-order chi connectivity index (χ1) is 16.8. The summed E-state index contributed by atoms with van der Waals surface area (Å²) in [6, 6.07) is 32.6. The zero-order chi connectivity index (χ0) is 23.2. The van der Waals surface area contributed by atoms with Crippen LogP contribution in [0.25, 0.3) is 10.8 Å². The first kappa shape index (κ1) is 21.9. The minimum absolute atomic E-state index is 0.209. The standard InChI is InChI=1S/C29H28N4O/c34-29(31-30-21-26-9-6-8-24-7-4-5-12-28(24)26)25-15-13-23(14-16-25)22-32-17-19-33(20-18-32)27-10-2-1-3-11-27/h1-16,21H,17-20,22H2,(H,31,34). The second kappa shape index (κ2) is 10.3. The summed E-state index contributed by atoms with van der Waals surface area (Å²) in [5.41, 5.74) is 6.73. The van der Waals surface area contributed by atoms with Gasteiger partial charge in [-0.15, -0.1) is 0 Å². The lowest BCUT2D eigenvalue weighted by atomic mass is 10.1. The number of amides is 1. The molecule has 1 saturated heterocycles. The summed E-state index contributed by atoms with van der Waals surface area (Å²) < 4.78 is 0. The van der Waals surface area contributed by atoms with Crippen molar-refractivity contribution in [2.75, 3.05) is 31.1 Å². The van der Waals surface area contributed by atoms with E-state index in [-0.39, 0.29) is 5.91 Å². The van der Waals surface area contributed by atoms with Gasteiger partial charge in [0.15, 0.2) is 0 Å². The number of rotatable bonds is 6. The average Bonchev–Trinajstić information content (AvgIpc) is 2.90. The number of carbonyl (C=O) groups excluding carboxylic acids is 1. The summed E-state index contributed by atoms with van der Waals surface area (Å²) in [4.78, 5) is 17.4. The molecule has 1 aliphatic rings. The van der Waals surface area contributed by atoms with Gasteiger partial charge in [0.1, 0.15) is 0 Å². The van der Waals surface area contributed by atoms with Crippen molar-refractivity contribution in [1.82, 2.24) is 10.3 Å². The quantitative estimate of drug-likeness (QED) is 0.336. The third kappa shape index (κ3) is 5.16. The van der Waals surface area contributed by atoms with Crippen LogP contribution in [0.1, 0.15) is 21.5 Å². The van der Waals surface area contributed by atoms with Crippen LogP contribution in [-0.4, -0.2) is 43.2 Å². The monoisotopic (exact) mass is 448 g/mol. The van der Waals surface area contributed by atoms with Crippen LogP contribution in [0.4, 0.5) is 5.69 Å². The van der Waals surface area contributed by atoms with Gasteiger partial charge in [-0.25, -0.2) is 5.43 Å². The molecule has 0 saturated carbocycles. The number of benzene rings is 4. The highest BCUT2D eigenvalue weighted by Crippen LogP contribution is 2.18. The van der Waals surface area contributed by atoms with Crippen LogP contribution in [0.2, 0.25) is 0 Å². The molecule has 0 atom stereocenters. The molecule has 0 radical (unpaired) electrons. The van der Waals surface area contributed by atoms with E-state index in [0.717, 1.165) is 49.1 Å². The Balaban J connectivity index is 1.14. The summed E-state index contributed by atoms with van der Waals surface area (Å²) in [6.45, 7) is 5.00. The Morgan fingerprint density at radius 3 is 2.29 bits per heavy atom. The van der Waals surface area contributed by atoms with Crippen molar-refractivity contribution in [2.24, 2.45) is 5.10 Å². The smallest absolute Gasteiger partial charge is 0.271 e. The van der Waals surface area contributed by atoms with Crippen molar-refractivity contribution < 1.29 is 4.79 Å². The minimum Gasteiger partial charge on any atom is -0.369 e. The molecule has 0 bridgehead atoms. The van der Waals surface area contributed by atoms with Gasteiger partial charge in [0.25, 0.3) is 5.91 Å². The highest BCUT2D eigenvalue weighted by molar-refractivity contribution is 6.00. The molecule has 0 spiro atoms. The van der Waals surface area contributed by atoms with Crippen molar-refractivity contribution >= 4 is 28.6 Å². The Labute approximate surface area is 200 Å². The lowest BCUT2D eigenvalue weighted by Gasteiger charge is -2.36. The van der Waals surface area contributed by atoms with Crippen molar-refractivity contribution in [3.05, 3.63) is 114 Å². The lowest BCUT2D eigenvalue weighted by Crippen LogP contribution is -2.45. The zero-order valence-electron chi connectivity index (χ0n) is 19.1. The molecule has 4 aromatic rings. The Hall–Kier alpha value is -3.96. The molecule has 170 valence electrons. The fraction of sp³-hybridized carbons (Fsp3) is 0.172. The van der Waals surface area contributed by atoms with Crippen LogP contribution < -0.4 is 10.3 Å². The number of piperazine rings is 1. The Morgan fingerprint density at radius 2 is 1.50 bits per heavy atom. The van der Waals surface area contributed by atoms with Gasteiger partial charge in [0.05, 0.1) is 6.21 Å². The van der Waals surface area contributed by atoms with Gasteiger partial charge in [0.2, 0.25) is 0 Å². The molecule has 0 unspecified atom stereocenters. The van der Waals surface area contributed by atoms with Crippen LogP contribution in [0.5, 0.6) is 0 Å². The summed E-state index contributed by atoms with van der Waals surface area (Å²) in [7, 11) is 0. The number of carbonyl (C=O) groups is 1. The van der Waals surface area contributed by atoms with Crippen LogP contribution in [0.15, 0.2) is 102 Å². The third-order valence-corrected chi connectivity index (χ3v) is 6.31. The molecule has 5 nitrogen and oxygen atoms in total. The molecule has 1 amide bonds. The fourth-order valence-corrected chi connectivity index (χ4v) is 4.41. The largest absolute Gasteiger partial charge is 0.369 e. The molecule has 1 fully saturated rings. The molecule has 1 aliphatic heterocycles. The second-order valence-electron chi connectivity index (χ2n) is 8.56. The first-order valence-electron chi connectivity index (χ1n) is 11.7. The number of hydrogen-bond donors (Lipinski definition) is 1. The van der Waals surface area contributed by atoms with Crippen molar-refractivity contribution in [3.8, 4) is 0 Å². The number of hydrogen-bond acceptors (Lipinski definition) is 4. The predicted octanol–water partition coefficient (Wildman–Crippen LogP) is 4.93. The molecule has 5 heteroatoms. The SMILES string of the molecule is O=C(NN=Cc1cccc2ccccc12)c1ccc(CN2CCN(c3ccccc3)CC2)cc1. The molecule has 0 aliphatic carbocycles. The van der Waals surface area contributed by atoms with Crippen molar-refractivity contribution in [1.29, 1.82) is 0 Å². The van der Waals surface area contributed by atoms with E-state index in [4.69, 9.17) is 0 Å². The highest BCUT2D eigenvalue weighted by Gasteiger charge is 2.17. The van der Waals surface area contributed by atoms with E-state index in [9.17, 15) is 4.79 Å². The summed E-state index contributed by atoms with van der Waals surface area (Å²) in [6.07, 6.45) is 1.70. The summed E-state index contributed by atoms with van der Waals surface area (Å²) in [5.74, 6) is -0.209.